The average molecular weight is 435 g/mol. The average Bonchev–Trinajstić information content (AvgIpc) is 2.81. The van der Waals surface area contributed by atoms with E-state index in [-0.39, 0.29) is 5.75 Å². The highest BCUT2D eigenvalue weighted by atomic mass is 19.1. The van der Waals surface area contributed by atoms with E-state index in [1.54, 1.807) is 30.3 Å². The van der Waals surface area contributed by atoms with Crippen LogP contribution in [0.25, 0.3) is 11.4 Å². The lowest BCUT2D eigenvalue weighted by Crippen LogP contribution is -2.09. The van der Waals surface area contributed by atoms with Crippen LogP contribution in [0, 0.1) is 5.82 Å². The van der Waals surface area contributed by atoms with Gasteiger partial charge in [0.15, 0.2) is 17.4 Å². The minimum absolute atomic E-state index is 0.0625. The maximum absolute atomic E-state index is 14.2. The van der Waals surface area contributed by atoms with E-state index in [2.05, 4.69) is 16.9 Å². The van der Waals surface area contributed by atoms with Gasteiger partial charge in [0.2, 0.25) is 0 Å². The number of halogens is 1. The van der Waals surface area contributed by atoms with Gasteiger partial charge in [-0.05, 0) is 54.7 Å². The molecule has 32 heavy (non-hydrogen) atoms. The molecule has 0 aliphatic heterocycles. The molecule has 2 aromatic carbocycles. The molecule has 0 saturated carbocycles. The van der Waals surface area contributed by atoms with E-state index in [1.165, 1.54) is 37.8 Å². The van der Waals surface area contributed by atoms with Crippen molar-refractivity contribution in [3.63, 3.8) is 0 Å². The molecule has 0 spiro atoms. The van der Waals surface area contributed by atoms with Crippen LogP contribution in [-0.4, -0.2) is 15.9 Å². The molecule has 168 valence electrons. The summed E-state index contributed by atoms with van der Waals surface area (Å²) in [5, 5.41) is 0. The normalized spacial score (nSPS) is 10.8. The van der Waals surface area contributed by atoms with Gasteiger partial charge >= 0.3 is 5.97 Å². The van der Waals surface area contributed by atoms with Gasteiger partial charge in [-0.2, -0.15) is 0 Å². The quantitative estimate of drug-likeness (QED) is 0.186. The van der Waals surface area contributed by atoms with E-state index in [1.807, 2.05) is 19.3 Å². The number of rotatable bonds is 11. The number of carbonyl (C=O) groups is 1. The van der Waals surface area contributed by atoms with Crippen LogP contribution < -0.4 is 4.74 Å². The molecular formula is C27H31FN2O2. The molecule has 0 aliphatic rings. The number of unbranched alkanes of at least 4 members (excludes halogenated alkanes) is 4. The van der Waals surface area contributed by atoms with E-state index in [0.29, 0.717) is 11.4 Å². The fourth-order valence-corrected chi connectivity index (χ4v) is 3.55. The van der Waals surface area contributed by atoms with Crippen molar-refractivity contribution in [3.05, 3.63) is 77.4 Å². The second-order valence-corrected chi connectivity index (χ2v) is 8.06. The number of hydrogen-bond acceptors (Lipinski definition) is 4. The van der Waals surface area contributed by atoms with Gasteiger partial charge in [0.25, 0.3) is 0 Å². The highest BCUT2D eigenvalue weighted by molar-refractivity contribution is 5.91. The molecule has 0 bridgehead atoms. The van der Waals surface area contributed by atoms with Crippen LogP contribution in [0.2, 0.25) is 0 Å². The van der Waals surface area contributed by atoms with Crippen LogP contribution >= 0.6 is 0 Å². The Kier molecular flexibility index (Phi) is 8.90. The minimum Gasteiger partial charge on any atom is -0.420 e. The third-order valence-corrected chi connectivity index (χ3v) is 5.39. The van der Waals surface area contributed by atoms with Crippen molar-refractivity contribution in [2.45, 2.75) is 65.2 Å². The molecule has 1 aromatic heterocycles. The summed E-state index contributed by atoms with van der Waals surface area (Å²) >= 11 is 0. The summed E-state index contributed by atoms with van der Waals surface area (Å²) in [6.45, 7) is 4.25. The zero-order chi connectivity index (χ0) is 22.8. The first kappa shape index (κ1) is 23.6. The number of hydrogen-bond donors (Lipinski definition) is 0. The van der Waals surface area contributed by atoms with Gasteiger partial charge in [-0.3, -0.25) is 0 Å². The largest absolute Gasteiger partial charge is 0.420 e. The third kappa shape index (κ3) is 6.71. The Labute approximate surface area is 189 Å². The molecule has 0 fully saturated rings. The SMILES string of the molecule is CCCCCCCc1cnc(-c2ccc(C(=O)Oc3ccc(CCC)cc3F)cc2)nc1. The number of ether oxygens (including phenoxy) is 1. The maximum atomic E-state index is 14.2. The molecule has 3 rings (SSSR count). The van der Waals surface area contributed by atoms with Crippen molar-refractivity contribution >= 4 is 5.97 Å². The fourth-order valence-electron chi connectivity index (χ4n) is 3.55. The molecule has 0 unspecified atom stereocenters. The summed E-state index contributed by atoms with van der Waals surface area (Å²) in [6, 6.07) is 11.5. The molecule has 0 radical (unpaired) electrons. The zero-order valence-electron chi connectivity index (χ0n) is 18.9. The number of aryl methyl sites for hydroxylation is 2. The smallest absolute Gasteiger partial charge is 0.343 e. The summed E-state index contributed by atoms with van der Waals surface area (Å²) in [4.78, 5) is 21.3. The van der Waals surface area contributed by atoms with E-state index in [4.69, 9.17) is 4.74 Å². The standard InChI is InChI=1S/C27H31FN2O2/c1-3-5-6-7-8-10-21-18-29-26(30-19-21)22-12-14-23(15-13-22)27(31)32-25-16-11-20(9-4-2)17-24(25)28/h11-19H,3-10H2,1-2H3. The summed E-state index contributed by atoms with van der Waals surface area (Å²) in [5.41, 5.74) is 3.18. The lowest BCUT2D eigenvalue weighted by Gasteiger charge is -2.08. The van der Waals surface area contributed by atoms with Gasteiger partial charge in [-0.15, -0.1) is 0 Å². The number of nitrogens with zero attached hydrogens (tertiary/aromatic N) is 2. The van der Waals surface area contributed by atoms with Gasteiger partial charge in [0.05, 0.1) is 5.56 Å². The van der Waals surface area contributed by atoms with Crippen molar-refractivity contribution in [1.82, 2.24) is 9.97 Å². The Morgan fingerprint density at radius 1 is 0.844 bits per heavy atom. The Balaban J connectivity index is 1.58. The van der Waals surface area contributed by atoms with Crippen LogP contribution in [0.1, 0.15) is 73.9 Å². The van der Waals surface area contributed by atoms with Gasteiger partial charge < -0.3 is 4.74 Å². The summed E-state index contributed by atoms with van der Waals surface area (Å²) in [7, 11) is 0. The number of esters is 1. The summed E-state index contributed by atoms with van der Waals surface area (Å²) in [5.74, 6) is -0.581. The van der Waals surface area contributed by atoms with E-state index < -0.39 is 11.8 Å². The number of aromatic nitrogens is 2. The van der Waals surface area contributed by atoms with E-state index >= 15 is 0 Å². The highest BCUT2D eigenvalue weighted by Crippen LogP contribution is 2.22. The maximum Gasteiger partial charge on any atom is 0.343 e. The van der Waals surface area contributed by atoms with Crippen molar-refractivity contribution in [2.24, 2.45) is 0 Å². The van der Waals surface area contributed by atoms with Gasteiger partial charge in [-0.25, -0.2) is 19.2 Å². The van der Waals surface area contributed by atoms with Gasteiger partial charge in [0, 0.05) is 18.0 Å². The molecule has 0 amide bonds. The minimum atomic E-state index is -0.599. The van der Waals surface area contributed by atoms with E-state index in [0.717, 1.165) is 42.4 Å². The summed E-state index contributed by atoms with van der Waals surface area (Å²) < 4.78 is 19.4. The lowest BCUT2D eigenvalue weighted by molar-refractivity contribution is 0.0728. The van der Waals surface area contributed by atoms with Crippen molar-refractivity contribution in [3.8, 4) is 17.1 Å². The molecule has 5 heteroatoms. The number of carbonyl (C=O) groups excluding carboxylic acids is 1. The molecule has 1 heterocycles. The van der Waals surface area contributed by atoms with E-state index in [9.17, 15) is 9.18 Å². The Morgan fingerprint density at radius 2 is 1.56 bits per heavy atom. The zero-order valence-corrected chi connectivity index (χ0v) is 18.9. The van der Waals surface area contributed by atoms with Crippen LogP contribution in [0.15, 0.2) is 54.9 Å². The van der Waals surface area contributed by atoms with Gasteiger partial charge in [0.1, 0.15) is 0 Å². The topological polar surface area (TPSA) is 52.1 Å². The Hall–Kier alpha value is -3.08. The number of benzene rings is 2. The van der Waals surface area contributed by atoms with Crippen LogP contribution in [0.5, 0.6) is 5.75 Å². The monoisotopic (exact) mass is 434 g/mol. The van der Waals surface area contributed by atoms with Crippen molar-refractivity contribution in [2.75, 3.05) is 0 Å². The summed E-state index contributed by atoms with van der Waals surface area (Å²) in [6.07, 6.45) is 12.7. The first-order chi connectivity index (χ1) is 15.6. The molecular weight excluding hydrogens is 403 g/mol. The highest BCUT2D eigenvalue weighted by Gasteiger charge is 2.13. The third-order valence-electron chi connectivity index (χ3n) is 5.39. The van der Waals surface area contributed by atoms with Crippen LogP contribution in [0.4, 0.5) is 4.39 Å². The first-order valence-corrected chi connectivity index (χ1v) is 11.5. The molecule has 0 atom stereocenters. The second kappa shape index (κ2) is 12.1. The molecule has 0 N–H and O–H groups in total. The molecule has 3 aromatic rings. The van der Waals surface area contributed by atoms with Gasteiger partial charge in [-0.1, -0.05) is 64.2 Å². The fraction of sp³-hybridized carbons (Fsp3) is 0.370. The lowest BCUT2D eigenvalue weighted by atomic mass is 10.1. The molecule has 4 nitrogen and oxygen atoms in total. The predicted molar refractivity (Wildman–Crippen MR) is 125 cm³/mol. The Bertz CT molecular complexity index is 1000. The Morgan fingerprint density at radius 3 is 2.22 bits per heavy atom. The van der Waals surface area contributed by atoms with Crippen molar-refractivity contribution < 1.29 is 13.9 Å². The predicted octanol–water partition coefficient (Wildman–Crippen LogP) is 6.97. The molecule has 0 aliphatic carbocycles. The van der Waals surface area contributed by atoms with Crippen molar-refractivity contribution in [1.29, 1.82) is 0 Å². The molecule has 0 saturated heterocycles. The first-order valence-electron chi connectivity index (χ1n) is 11.5. The van der Waals surface area contributed by atoms with Crippen LogP contribution in [0.3, 0.4) is 0 Å². The second-order valence-electron chi connectivity index (χ2n) is 8.06. The van der Waals surface area contributed by atoms with Crippen LogP contribution in [-0.2, 0) is 12.8 Å².